The molecule has 0 atom stereocenters. The number of carbonyl (C=O) groups excluding carboxylic acids is 3. The van der Waals surface area contributed by atoms with E-state index in [9.17, 15) is 18.8 Å². The van der Waals surface area contributed by atoms with Crippen LogP contribution in [0.15, 0.2) is 60.7 Å². The highest BCUT2D eigenvalue weighted by molar-refractivity contribution is 6.07. The number of carbonyl (C=O) groups is 3. The van der Waals surface area contributed by atoms with Gasteiger partial charge in [-0.2, -0.15) is 0 Å². The molecule has 2 amide bonds. The molecular weight excluding hydrogens is 437 g/mol. The van der Waals surface area contributed by atoms with Crippen molar-refractivity contribution in [3.05, 3.63) is 83.2 Å². The van der Waals surface area contributed by atoms with E-state index in [2.05, 4.69) is 10.6 Å². The Bertz CT molecular complexity index is 1230. The molecule has 0 aliphatic carbocycles. The average Bonchev–Trinajstić information content (AvgIpc) is 2.79. The summed E-state index contributed by atoms with van der Waals surface area (Å²) >= 11 is 0. The molecule has 0 fully saturated rings. The van der Waals surface area contributed by atoms with Crippen molar-refractivity contribution in [2.75, 3.05) is 17.2 Å². The maximum atomic E-state index is 14.1. The minimum absolute atomic E-state index is 0.00658. The molecule has 0 spiro atoms. The SMILES string of the molecule is CCOC(=O)Cc1ccccc1NC(=O)c1cc(NC(C)=O)cc(-c2cc(F)cc(CN)c2)c1. The number of hydrogen-bond acceptors (Lipinski definition) is 5. The molecule has 34 heavy (non-hydrogen) atoms. The molecule has 3 aromatic carbocycles. The molecular formula is C26H26FN3O4. The zero-order valence-corrected chi connectivity index (χ0v) is 19.0. The van der Waals surface area contributed by atoms with Gasteiger partial charge in [-0.1, -0.05) is 18.2 Å². The smallest absolute Gasteiger partial charge is 0.310 e. The maximum absolute atomic E-state index is 14.1. The van der Waals surface area contributed by atoms with Crippen molar-refractivity contribution in [2.45, 2.75) is 26.8 Å². The van der Waals surface area contributed by atoms with Gasteiger partial charge in [-0.15, -0.1) is 0 Å². The lowest BCUT2D eigenvalue weighted by Gasteiger charge is -2.14. The molecule has 0 saturated carbocycles. The van der Waals surface area contributed by atoms with E-state index in [4.69, 9.17) is 10.5 Å². The Morgan fingerprint density at radius 3 is 2.41 bits per heavy atom. The Hall–Kier alpha value is -4.04. The van der Waals surface area contributed by atoms with Crippen LogP contribution in [-0.4, -0.2) is 24.4 Å². The zero-order valence-electron chi connectivity index (χ0n) is 19.0. The quantitative estimate of drug-likeness (QED) is 0.432. The highest BCUT2D eigenvalue weighted by Crippen LogP contribution is 2.28. The van der Waals surface area contributed by atoms with Gasteiger partial charge in [0.15, 0.2) is 0 Å². The summed E-state index contributed by atoms with van der Waals surface area (Å²) in [5.41, 5.74) is 9.01. The van der Waals surface area contributed by atoms with Crippen LogP contribution in [0.1, 0.15) is 35.3 Å². The number of hydrogen-bond donors (Lipinski definition) is 3. The zero-order chi connectivity index (χ0) is 24.7. The van der Waals surface area contributed by atoms with Crippen LogP contribution in [-0.2, 0) is 27.3 Å². The van der Waals surface area contributed by atoms with Crippen molar-refractivity contribution in [1.29, 1.82) is 0 Å². The van der Waals surface area contributed by atoms with Gasteiger partial charge in [-0.25, -0.2) is 4.39 Å². The number of nitrogens with two attached hydrogens (primary N) is 1. The summed E-state index contributed by atoms with van der Waals surface area (Å²) in [6, 6.07) is 16.1. The van der Waals surface area contributed by atoms with Gasteiger partial charge in [-0.05, 0) is 71.6 Å². The van der Waals surface area contributed by atoms with Crippen molar-refractivity contribution >= 4 is 29.2 Å². The van der Waals surface area contributed by atoms with Crippen molar-refractivity contribution in [3.63, 3.8) is 0 Å². The second-order valence-electron chi connectivity index (χ2n) is 7.63. The third-order valence-electron chi connectivity index (χ3n) is 4.95. The molecule has 3 rings (SSSR count). The number of benzene rings is 3. The summed E-state index contributed by atoms with van der Waals surface area (Å²) in [5, 5.41) is 5.48. The first kappa shape index (κ1) is 24.6. The van der Waals surface area contributed by atoms with E-state index >= 15 is 0 Å². The molecule has 0 unspecified atom stereocenters. The number of esters is 1. The minimum Gasteiger partial charge on any atom is -0.466 e. The fourth-order valence-electron chi connectivity index (χ4n) is 3.49. The molecule has 176 valence electrons. The second-order valence-corrected chi connectivity index (χ2v) is 7.63. The predicted octanol–water partition coefficient (Wildman–Crippen LogP) is 4.27. The van der Waals surface area contributed by atoms with Gasteiger partial charge in [0.1, 0.15) is 5.82 Å². The Labute approximate surface area is 197 Å². The largest absolute Gasteiger partial charge is 0.466 e. The van der Waals surface area contributed by atoms with Gasteiger partial charge < -0.3 is 21.1 Å². The van der Waals surface area contributed by atoms with Gasteiger partial charge in [0.05, 0.1) is 13.0 Å². The number of amides is 2. The van der Waals surface area contributed by atoms with Crippen LogP contribution in [0.25, 0.3) is 11.1 Å². The maximum Gasteiger partial charge on any atom is 0.310 e. The van der Waals surface area contributed by atoms with Gasteiger partial charge in [0.2, 0.25) is 5.91 Å². The van der Waals surface area contributed by atoms with Gasteiger partial charge in [0.25, 0.3) is 5.91 Å². The predicted molar refractivity (Wildman–Crippen MR) is 129 cm³/mol. The number of anilines is 2. The topological polar surface area (TPSA) is 111 Å². The molecule has 3 aromatic rings. The third-order valence-corrected chi connectivity index (χ3v) is 4.95. The van der Waals surface area contributed by atoms with Gasteiger partial charge in [-0.3, -0.25) is 14.4 Å². The summed E-state index contributed by atoms with van der Waals surface area (Å²) in [6.07, 6.45) is 0.00658. The molecule has 0 aliphatic heterocycles. The lowest BCUT2D eigenvalue weighted by Crippen LogP contribution is -2.16. The number of nitrogens with one attached hydrogen (secondary N) is 2. The van der Waals surface area contributed by atoms with Gasteiger partial charge >= 0.3 is 5.97 Å². The van der Waals surface area contributed by atoms with E-state index in [1.54, 1.807) is 49.4 Å². The summed E-state index contributed by atoms with van der Waals surface area (Å²) in [5.74, 6) is -1.63. The first-order valence-electron chi connectivity index (χ1n) is 10.8. The number of halogens is 1. The van der Waals surface area contributed by atoms with Crippen LogP contribution < -0.4 is 16.4 Å². The molecule has 0 heterocycles. The first-order chi connectivity index (χ1) is 16.3. The monoisotopic (exact) mass is 463 g/mol. The molecule has 8 heteroatoms. The average molecular weight is 464 g/mol. The van der Waals surface area contributed by atoms with Gasteiger partial charge in [0, 0.05) is 30.4 Å². The highest BCUT2D eigenvalue weighted by Gasteiger charge is 2.15. The van der Waals surface area contributed by atoms with Crippen LogP contribution in [0.4, 0.5) is 15.8 Å². The van der Waals surface area contributed by atoms with Crippen molar-refractivity contribution in [2.24, 2.45) is 5.73 Å². The highest BCUT2D eigenvalue weighted by atomic mass is 19.1. The summed E-state index contributed by atoms with van der Waals surface area (Å²) < 4.78 is 19.1. The standard InChI is InChI=1S/C26H26FN3O4/c1-3-34-25(32)14-18-6-4-5-7-24(18)30-26(33)21-10-20(12-23(13-21)29-16(2)31)19-8-17(15-28)9-22(27)11-19/h4-13H,3,14-15,28H2,1-2H3,(H,29,31)(H,30,33). The van der Waals surface area contributed by atoms with Crippen molar-refractivity contribution < 1.29 is 23.5 Å². The van der Waals surface area contributed by atoms with E-state index in [0.717, 1.165) is 0 Å². The molecule has 0 aromatic heterocycles. The summed E-state index contributed by atoms with van der Waals surface area (Å²) in [7, 11) is 0. The van der Waals surface area contributed by atoms with Crippen molar-refractivity contribution in [3.8, 4) is 11.1 Å². The lowest BCUT2D eigenvalue weighted by atomic mass is 9.99. The van der Waals surface area contributed by atoms with E-state index in [1.807, 2.05) is 0 Å². The van der Waals surface area contributed by atoms with E-state index in [0.29, 0.717) is 33.6 Å². The normalized spacial score (nSPS) is 10.5. The lowest BCUT2D eigenvalue weighted by molar-refractivity contribution is -0.142. The van der Waals surface area contributed by atoms with Crippen LogP contribution >= 0.6 is 0 Å². The number of para-hydroxylation sites is 1. The van der Waals surface area contributed by atoms with Crippen molar-refractivity contribution in [1.82, 2.24) is 0 Å². The first-order valence-corrected chi connectivity index (χ1v) is 10.8. The van der Waals surface area contributed by atoms with Crippen LogP contribution in [0.2, 0.25) is 0 Å². The van der Waals surface area contributed by atoms with E-state index < -0.39 is 17.7 Å². The Balaban J connectivity index is 1.97. The Kier molecular flexibility index (Phi) is 8.10. The Morgan fingerprint density at radius 2 is 1.71 bits per heavy atom. The molecule has 0 saturated heterocycles. The third kappa shape index (κ3) is 6.49. The summed E-state index contributed by atoms with van der Waals surface area (Å²) in [6.45, 7) is 3.49. The number of ether oxygens (including phenoxy) is 1. The number of rotatable bonds is 8. The summed E-state index contributed by atoms with van der Waals surface area (Å²) in [4.78, 5) is 36.7. The van der Waals surface area contributed by atoms with E-state index in [-0.39, 0.29) is 31.0 Å². The molecule has 4 N–H and O–H groups in total. The molecule has 0 radical (unpaired) electrons. The molecule has 0 bridgehead atoms. The fourth-order valence-corrected chi connectivity index (χ4v) is 3.49. The second kappa shape index (κ2) is 11.2. The Morgan fingerprint density at radius 1 is 0.971 bits per heavy atom. The molecule has 0 aliphatic rings. The molecule has 7 nitrogen and oxygen atoms in total. The van der Waals surface area contributed by atoms with Crippen LogP contribution in [0.5, 0.6) is 0 Å². The fraction of sp³-hybridized carbons (Fsp3) is 0.192. The van der Waals surface area contributed by atoms with E-state index in [1.165, 1.54) is 25.1 Å². The van der Waals surface area contributed by atoms with Crippen LogP contribution in [0.3, 0.4) is 0 Å². The minimum atomic E-state index is -0.458. The van der Waals surface area contributed by atoms with Crippen LogP contribution in [0, 0.1) is 5.82 Å².